The van der Waals surface area contributed by atoms with Crippen LogP contribution in [0, 0.1) is 6.92 Å². The molecule has 3 N–H and O–H groups in total. The third-order valence-corrected chi connectivity index (χ3v) is 4.98. The maximum absolute atomic E-state index is 12.5. The number of benzene rings is 2. The van der Waals surface area contributed by atoms with E-state index in [-0.39, 0.29) is 11.5 Å². The molecule has 0 unspecified atom stereocenters. The van der Waals surface area contributed by atoms with Crippen LogP contribution in [0.25, 0.3) is 0 Å². The van der Waals surface area contributed by atoms with Crippen molar-refractivity contribution in [2.24, 2.45) is 0 Å². The van der Waals surface area contributed by atoms with Gasteiger partial charge in [-0.1, -0.05) is 30.5 Å². The molecule has 1 saturated heterocycles. The topological polar surface area (TPSA) is 107 Å². The predicted molar refractivity (Wildman–Crippen MR) is 117 cm³/mol. The Bertz CT molecular complexity index is 1000. The summed E-state index contributed by atoms with van der Waals surface area (Å²) in [6, 6.07) is 12.5. The Labute approximate surface area is 188 Å². The third-order valence-electron chi connectivity index (χ3n) is 4.98. The molecule has 3 rings (SSSR count). The molecule has 0 spiro atoms. The summed E-state index contributed by atoms with van der Waals surface area (Å²) in [4.78, 5) is 35.3. The van der Waals surface area contributed by atoms with Crippen molar-refractivity contribution in [2.45, 2.75) is 38.8 Å². The van der Waals surface area contributed by atoms with E-state index in [1.54, 1.807) is 24.3 Å². The Morgan fingerprint density at radius 2 is 1.55 bits per heavy atom. The molecule has 0 aliphatic carbocycles. The summed E-state index contributed by atoms with van der Waals surface area (Å²) in [5, 5.41) is 19.5. The molecule has 1 aliphatic heterocycles. The van der Waals surface area contributed by atoms with Crippen molar-refractivity contribution in [1.29, 1.82) is 0 Å². The number of alkyl halides is 3. The van der Waals surface area contributed by atoms with Crippen molar-refractivity contribution >= 4 is 29.2 Å². The van der Waals surface area contributed by atoms with E-state index >= 15 is 0 Å². The molecule has 1 aliphatic rings. The minimum absolute atomic E-state index is 0.118. The molecule has 0 radical (unpaired) electrons. The van der Waals surface area contributed by atoms with E-state index in [2.05, 4.69) is 10.2 Å². The highest BCUT2D eigenvalue weighted by Gasteiger charge is 2.38. The van der Waals surface area contributed by atoms with E-state index in [1.165, 1.54) is 12.8 Å². The van der Waals surface area contributed by atoms with Crippen LogP contribution < -0.4 is 10.2 Å². The second kappa shape index (κ2) is 11.3. The summed E-state index contributed by atoms with van der Waals surface area (Å²) in [5.74, 6) is -4.10. The Morgan fingerprint density at radius 3 is 2.06 bits per heavy atom. The Morgan fingerprint density at radius 1 is 0.939 bits per heavy atom. The van der Waals surface area contributed by atoms with Gasteiger partial charge in [-0.05, 0) is 50.1 Å². The van der Waals surface area contributed by atoms with E-state index in [0.717, 1.165) is 37.2 Å². The normalized spacial score (nSPS) is 13.9. The van der Waals surface area contributed by atoms with Crippen molar-refractivity contribution in [3.8, 4) is 0 Å². The number of aliphatic carboxylic acids is 1. The molecule has 178 valence electrons. The van der Waals surface area contributed by atoms with Crippen LogP contribution in [0.15, 0.2) is 42.5 Å². The van der Waals surface area contributed by atoms with Crippen LogP contribution in [-0.4, -0.2) is 47.3 Å². The van der Waals surface area contributed by atoms with Gasteiger partial charge in [0.15, 0.2) is 0 Å². The third kappa shape index (κ3) is 7.81. The molecular formula is C23H25F3N2O5. The highest BCUT2D eigenvalue weighted by molar-refractivity contribution is 6.08. The summed E-state index contributed by atoms with van der Waals surface area (Å²) >= 11 is 0. The van der Waals surface area contributed by atoms with Gasteiger partial charge in [0.2, 0.25) is 0 Å². The molecule has 33 heavy (non-hydrogen) atoms. The Kier molecular flexibility index (Phi) is 8.84. The number of anilines is 2. The molecule has 1 amide bonds. The molecule has 10 heteroatoms. The Hall–Kier alpha value is -3.56. The fourth-order valence-electron chi connectivity index (χ4n) is 3.32. The lowest BCUT2D eigenvalue weighted by Gasteiger charge is -2.23. The van der Waals surface area contributed by atoms with Gasteiger partial charge in [-0.3, -0.25) is 4.79 Å². The van der Waals surface area contributed by atoms with Crippen LogP contribution in [-0.2, 0) is 4.79 Å². The zero-order valence-electron chi connectivity index (χ0n) is 18.0. The van der Waals surface area contributed by atoms with Gasteiger partial charge in [0, 0.05) is 24.3 Å². The van der Waals surface area contributed by atoms with E-state index in [9.17, 15) is 27.9 Å². The van der Waals surface area contributed by atoms with Crippen LogP contribution in [0.5, 0.6) is 0 Å². The highest BCUT2D eigenvalue weighted by Crippen LogP contribution is 2.26. The van der Waals surface area contributed by atoms with Crippen LogP contribution in [0.1, 0.15) is 52.0 Å². The maximum Gasteiger partial charge on any atom is 0.490 e. The number of aryl methyl sites for hydroxylation is 1. The van der Waals surface area contributed by atoms with E-state index in [4.69, 9.17) is 9.90 Å². The number of carbonyl (C=O) groups is 3. The predicted octanol–water partition coefficient (Wildman–Crippen LogP) is 4.96. The van der Waals surface area contributed by atoms with Crippen molar-refractivity contribution in [1.82, 2.24) is 0 Å². The van der Waals surface area contributed by atoms with E-state index in [0.29, 0.717) is 11.3 Å². The minimum Gasteiger partial charge on any atom is -0.478 e. The van der Waals surface area contributed by atoms with Crippen molar-refractivity contribution in [3.63, 3.8) is 0 Å². The first kappa shape index (κ1) is 25.7. The minimum atomic E-state index is -5.08. The van der Waals surface area contributed by atoms with Crippen LogP contribution in [0.3, 0.4) is 0 Å². The number of hydrogen-bond acceptors (Lipinski definition) is 4. The highest BCUT2D eigenvalue weighted by atomic mass is 19.4. The molecule has 2 aromatic carbocycles. The zero-order chi connectivity index (χ0) is 24.6. The first-order valence-electron chi connectivity index (χ1n) is 10.3. The first-order valence-corrected chi connectivity index (χ1v) is 10.3. The van der Waals surface area contributed by atoms with Crippen molar-refractivity contribution in [3.05, 3.63) is 59.2 Å². The standard InChI is InChI=1S/C21H24N2O3.C2HF3O2/c1-15-7-6-8-16(13-15)20(24)22-19-10-9-17(14-18(19)21(25)26)23-11-4-2-3-5-12-23;3-2(4,5)1(6)7/h6-10,13-14H,2-5,11-12H2,1H3,(H,22,24)(H,25,26);(H,6,7). The number of halogens is 3. The van der Waals surface area contributed by atoms with Gasteiger partial charge in [-0.15, -0.1) is 0 Å². The zero-order valence-corrected chi connectivity index (χ0v) is 18.0. The number of rotatable bonds is 4. The number of carboxylic acid groups (broad SMARTS) is 2. The fourth-order valence-corrected chi connectivity index (χ4v) is 3.32. The lowest BCUT2D eigenvalue weighted by atomic mass is 10.1. The van der Waals surface area contributed by atoms with Crippen LogP contribution in [0.4, 0.5) is 24.5 Å². The second-order valence-corrected chi connectivity index (χ2v) is 7.56. The number of carboxylic acids is 2. The van der Waals surface area contributed by atoms with Gasteiger partial charge in [0.1, 0.15) is 0 Å². The molecular weight excluding hydrogens is 441 g/mol. The van der Waals surface area contributed by atoms with Crippen LogP contribution in [0.2, 0.25) is 0 Å². The second-order valence-electron chi connectivity index (χ2n) is 7.56. The quantitative estimate of drug-likeness (QED) is 0.588. The molecule has 2 aromatic rings. The largest absolute Gasteiger partial charge is 0.490 e. The number of hydrogen-bond donors (Lipinski definition) is 3. The fraction of sp³-hybridized carbons (Fsp3) is 0.348. The van der Waals surface area contributed by atoms with Gasteiger partial charge < -0.3 is 20.4 Å². The van der Waals surface area contributed by atoms with Crippen molar-refractivity contribution < 1.29 is 37.8 Å². The first-order chi connectivity index (χ1) is 15.5. The molecule has 7 nitrogen and oxygen atoms in total. The van der Waals surface area contributed by atoms with Gasteiger partial charge in [0.25, 0.3) is 5.91 Å². The molecule has 1 fully saturated rings. The lowest BCUT2D eigenvalue weighted by molar-refractivity contribution is -0.192. The summed E-state index contributed by atoms with van der Waals surface area (Å²) in [5.41, 5.74) is 2.83. The van der Waals surface area contributed by atoms with Crippen LogP contribution >= 0.6 is 0 Å². The summed E-state index contributed by atoms with van der Waals surface area (Å²) in [6.45, 7) is 3.79. The maximum atomic E-state index is 12.5. The van der Waals surface area contributed by atoms with Gasteiger partial charge >= 0.3 is 18.1 Å². The molecule has 1 heterocycles. The number of aromatic carboxylic acids is 1. The number of nitrogens with zero attached hydrogens (tertiary/aromatic N) is 1. The molecule has 0 aromatic heterocycles. The number of nitrogens with one attached hydrogen (secondary N) is 1. The molecule has 0 atom stereocenters. The summed E-state index contributed by atoms with van der Waals surface area (Å²) in [7, 11) is 0. The number of carbonyl (C=O) groups excluding carboxylic acids is 1. The average Bonchev–Trinajstić information content (AvgIpc) is 3.03. The summed E-state index contributed by atoms with van der Waals surface area (Å²) < 4.78 is 31.7. The lowest BCUT2D eigenvalue weighted by Crippen LogP contribution is -2.24. The smallest absolute Gasteiger partial charge is 0.478 e. The number of amides is 1. The molecule has 0 bridgehead atoms. The summed E-state index contributed by atoms with van der Waals surface area (Å²) in [6.07, 6.45) is -0.414. The average molecular weight is 466 g/mol. The molecule has 0 saturated carbocycles. The SMILES string of the molecule is Cc1cccc(C(=O)Nc2ccc(N3CCCCCC3)cc2C(=O)O)c1.O=C(O)C(F)(F)F. The Balaban J connectivity index is 0.000000479. The van der Waals surface area contributed by atoms with Gasteiger partial charge in [-0.2, -0.15) is 13.2 Å². The van der Waals surface area contributed by atoms with Crippen molar-refractivity contribution in [2.75, 3.05) is 23.3 Å². The van der Waals surface area contributed by atoms with Gasteiger partial charge in [-0.25, -0.2) is 9.59 Å². The van der Waals surface area contributed by atoms with Gasteiger partial charge in [0.05, 0.1) is 11.3 Å². The monoisotopic (exact) mass is 466 g/mol. The van der Waals surface area contributed by atoms with E-state index < -0.39 is 18.1 Å². The van der Waals surface area contributed by atoms with E-state index in [1.807, 2.05) is 25.1 Å².